The first-order valence-electron chi connectivity index (χ1n) is 6.68. The van der Waals surface area contributed by atoms with E-state index in [9.17, 15) is 4.79 Å². The highest BCUT2D eigenvalue weighted by Gasteiger charge is 2.14. The van der Waals surface area contributed by atoms with Crippen molar-refractivity contribution < 1.29 is 14.6 Å². The Kier molecular flexibility index (Phi) is 4.41. The van der Waals surface area contributed by atoms with Crippen LogP contribution in [0.3, 0.4) is 0 Å². The van der Waals surface area contributed by atoms with Gasteiger partial charge in [0.2, 0.25) is 0 Å². The van der Waals surface area contributed by atoms with Crippen LogP contribution in [0.4, 0.5) is 0 Å². The number of carboxylic acid groups (broad SMARTS) is 1. The predicted molar refractivity (Wildman–Crippen MR) is 79.1 cm³/mol. The summed E-state index contributed by atoms with van der Waals surface area (Å²) < 4.78 is 5.49. The van der Waals surface area contributed by atoms with Crippen molar-refractivity contribution in [1.82, 2.24) is 0 Å². The smallest absolute Gasteiger partial charge is 0.310 e. The van der Waals surface area contributed by atoms with E-state index in [2.05, 4.69) is 0 Å². The highest BCUT2D eigenvalue weighted by molar-refractivity contribution is 5.77. The second kappa shape index (κ2) is 6.24. The Morgan fingerprint density at radius 3 is 2.45 bits per heavy atom. The highest BCUT2D eigenvalue weighted by atomic mass is 16.5. The first-order chi connectivity index (χ1) is 9.61. The minimum Gasteiger partial charge on any atom is -0.494 e. The molecule has 0 saturated heterocycles. The molecule has 0 heterocycles. The molecule has 1 atom stereocenters. The van der Waals surface area contributed by atoms with Crippen molar-refractivity contribution in [3.8, 4) is 16.9 Å². The Hall–Kier alpha value is -2.29. The van der Waals surface area contributed by atoms with Crippen LogP contribution in [0, 0.1) is 0 Å². The van der Waals surface area contributed by atoms with Crippen molar-refractivity contribution in [1.29, 1.82) is 0 Å². The van der Waals surface area contributed by atoms with Gasteiger partial charge in [0.25, 0.3) is 0 Å². The molecule has 0 fully saturated rings. The van der Waals surface area contributed by atoms with E-state index in [0.717, 1.165) is 22.4 Å². The third kappa shape index (κ3) is 3.18. The molecule has 0 radical (unpaired) electrons. The molecule has 3 heteroatoms. The highest BCUT2D eigenvalue weighted by Crippen LogP contribution is 2.27. The average Bonchev–Trinajstić information content (AvgIpc) is 2.47. The molecular formula is C17H18O3. The van der Waals surface area contributed by atoms with Crippen LogP contribution in [-0.2, 0) is 4.79 Å². The van der Waals surface area contributed by atoms with Crippen LogP contribution in [0.25, 0.3) is 11.1 Å². The van der Waals surface area contributed by atoms with Gasteiger partial charge in [0.1, 0.15) is 5.75 Å². The van der Waals surface area contributed by atoms with E-state index in [4.69, 9.17) is 9.84 Å². The van der Waals surface area contributed by atoms with E-state index in [-0.39, 0.29) is 0 Å². The van der Waals surface area contributed by atoms with Gasteiger partial charge in [-0.15, -0.1) is 0 Å². The topological polar surface area (TPSA) is 46.5 Å². The lowest BCUT2D eigenvalue weighted by Crippen LogP contribution is -2.07. The molecule has 1 unspecified atom stereocenters. The molecule has 3 nitrogen and oxygen atoms in total. The monoisotopic (exact) mass is 270 g/mol. The first kappa shape index (κ1) is 14.1. The Bertz CT molecular complexity index is 605. The fourth-order valence-electron chi connectivity index (χ4n) is 2.06. The number of aliphatic carboxylic acids is 1. The summed E-state index contributed by atoms with van der Waals surface area (Å²) in [4.78, 5) is 11.1. The maximum absolute atomic E-state index is 11.1. The molecule has 0 bridgehead atoms. The third-order valence-corrected chi connectivity index (χ3v) is 3.24. The molecule has 0 aliphatic heterocycles. The minimum absolute atomic E-state index is 0.509. The molecule has 20 heavy (non-hydrogen) atoms. The number of carbonyl (C=O) groups is 1. The number of carboxylic acids is 1. The Morgan fingerprint density at radius 1 is 1.15 bits per heavy atom. The van der Waals surface area contributed by atoms with Gasteiger partial charge < -0.3 is 9.84 Å². The average molecular weight is 270 g/mol. The molecule has 2 rings (SSSR count). The van der Waals surface area contributed by atoms with Crippen LogP contribution < -0.4 is 4.74 Å². The van der Waals surface area contributed by atoms with Crippen molar-refractivity contribution in [2.75, 3.05) is 6.61 Å². The Balaban J connectivity index is 2.35. The summed E-state index contributed by atoms with van der Waals surface area (Å²) in [6.45, 7) is 4.26. The van der Waals surface area contributed by atoms with E-state index in [0.29, 0.717) is 6.61 Å². The largest absolute Gasteiger partial charge is 0.494 e. The first-order valence-corrected chi connectivity index (χ1v) is 6.68. The van der Waals surface area contributed by atoms with Crippen LogP contribution in [-0.4, -0.2) is 17.7 Å². The summed E-state index contributed by atoms with van der Waals surface area (Å²) in [5, 5.41) is 9.09. The molecule has 0 aliphatic carbocycles. The SMILES string of the molecule is CCOc1cccc(-c2cccc(C(C)C(=O)O)c2)c1. The summed E-state index contributed by atoms with van der Waals surface area (Å²) in [6.07, 6.45) is 0. The number of benzene rings is 2. The van der Waals surface area contributed by atoms with E-state index in [1.54, 1.807) is 6.92 Å². The lowest BCUT2D eigenvalue weighted by molar-refractivity contribution is -0.138. The normalized spacial score (nSPS) is 11.9. The fraction of sp³-hybridized carbons (Fsp3) is 0.235. The summed E-state index contributed by atoms with van der Waals surface area (Å²) in [7, 11) is 0. The second-order valence-electron chi connectivity index (χ2n) is 4.65. The van der Waals surface area contributed by atoms with Gasteiger partial charge in [-0.1, -0.05) is 36.4 Å². The summed E-state index contributed by atoms with van der Waals surface area (Å²) in [6, 6.07) is 15.4. The van der Waals surface area contributed by atoms with Crippen LogP contribution in [0.2, 0.25) is 0 Å². The molecular weight excluding hydrogens is 252 g/mol. The number of hydrogen-bond donors (Lipinski definition) is 1. The fourth-order valence-corrected chi connectivity index (χ4v) is 2.06. The van der Waals surface area contributed by atoms with Crippen molar-refractivity contribution in [3.63, 3.8) is 0 Å². The lowest BCUT2D eigenvalue weighted by atomic mass is 9.96. The second-order valence-corrected chi connectivity index (χ2v) is 4.65. The van der Waals surface area contributed by atoms with Gasteiger partial charge in [0.05, 0.1) is 12.5 Å². The van der Waals surface area contributed by atoms with Crippen molar-refractivity contribution in [2.45, 2.75) is 19.8 Å². The Labute approximate surface area is 118 Å². The van der Waals surface area contributed by atoms with Crippen molar-refractivity contribution in [3.05, 3.63) is 54.1 Å². The van der Waals surface area contributed by atoms with Crippen LogP contribution >= 0.6 is 0 Å². The lowest BCUT2D eigenvalue weighted by Gasteiger charge is -2.10. The number of hydrogen-bond acceptors (Lipinski definition) is 2. The predicted octanol–water partition coefficient (Wildman–Crippen LogP) is 3.94. The zero-order valence-corrected chi connectivity index (χ0v) is 11.7. The van der Waals surface area contributed by atoms with Crippen molar-refractivity contribution >= 4 is 5.97 Å². The zero-order chi connectivity index (χ0) is 14.5. The van der Waals surface area contributed by atoms with Gasteiger partial charge >= 0.3 is 5.97 Å². The molecule has 2 aromatic rings. The van der Waals surface area contributed by atoms with Crippen LogP contribution in [0.5, 0.6) is 5.75 Å². The third-order valence-electron chi connectivity index (χ3n) is 3.24. The maximum Gasteiger partial charge on any atom is 0.310 e. The molecule has 0 aliphatic rings. The van der Waals surface area contributed by atoms with E-state index < -0.39 is 11.9 Å². The van der Waals surface area contributed by atoms with Gasteiger partial charge in [-0.2, -0.15) is 0 Å². The maximum atomic E-state index is 11.1. The number of ether oxygens (including phenoxy) is 1. The molecule has 0 amide bonds. The standard InChI is InChI=1S/C17H18O3/c1-3-20-16-9-5-8-15(11-16)14-7-4-6-13(10-14)12(2)17(18)19/h4-12H,3H2,1-2H3,(H,18,19). The van der Waals surface area contributed by atoms with E-state index in [1.165, 1.54) is 0 Å². The molecule has 0 spiro atoms. The zero-order valence-electron chi connectivity index (χ0n) is 11.7. The van der Waals surface area contributed by atoms with E-state index in [1.807, 2.05) is 55.5 Å². The van der Waals surface area contributed by atoms with Gasteiger partial charge in [-0.3, -0.25) is 4.79 Å². The van der Waals surface area contributed by atoms with Gasteiger partial charge in [0, 0.05) is 0 Å². The quantitative estimate of drug-likeness (QED) is 0.895. The van der Waals surface area contributed by atoms with Gasteiger partial charge in [0.15, 0.2) is 0 Å². The minimum atomic E-state index is -0.815. The Morgan fingerprint density at radius 2 is 1.80 bits per heavy atom. The van der Waals surface area contributed by atoms with E-state index >= 15 is 0 Å². The van der Waals surface area contributed by atoms with Crippen molar-refractivity contribution in [2.24, 2.45) is 0 Å². The summed E-state index contributed by atoms with van der Waals surface area (Å²) in [5.41, 5.74) is 2.82. The van der Waals surface area contributed by atoms with Gasteiger partial charge in [-0.25, -0.2) is 0 Å². The molecule has 1 N–H and O–H groups in total. The summed E-state index contributed by atoms with van der Waals surface area (Å²) in [5.74, 6) is -0.503. The number of rotatable bonds is 5. The molecule has 104 valence electrons. The van der Waals surface area contributed by atoms with Gasteiger partial charge in [-0.05, 0) is 42.7 Å². The molecule has 2 aromatic carbocycles. The molecule has 0 saturated carbocycles. The molecule has 0 aromatic heterocycles. The van der Waals surface area contributed by atoms with Crippen LogP contribution in [0.15, 0.2) is 48.5 Å². The summed E-state index contributed by atoms with van der Waals surface area (Å²) >= 11 is 0. The van der Waals surface area contributed by atoms with Crippen LogP contribution in [0.1, 0.15) is 25.3 Å².